The normalized spacial score (nSPS) is 15.1. The van der Waals surface area contributed by atoms with Crippen molar-refractivity contribution in [3.8, 4) is 0 Å². The molecule has 0 fully saturated rings. The zero-order chi connectivity index (χ0) is 14.8. The number of nitrogens with zero attached hydrogens (tertiary/aromatic N) is 3. The van der Waals surface area contributed by atoms with Crippen LogP contribution in [0.2, 0.25) is 25.7 Å². The van der Waals surface area contributed by atoms with Crippen LogP contribution in [0.3, 0.4) is 0 Å². The molecule has 0 saturated carbocycles. The lowest BCUT2D eigenvalue weighted by Crippen LogP contribution is -2.39. The predicted molar refractivity (Wildman–Crippen MR) is 86.2 cm³/mol. The summed E-state index contributed by atoms with van der Waals surface area (Å²) >= 11 is 3.43. The molecule has 108 valence electrons. The maximum absolute atomic E-state index is 11.2. The summed E-state index contributed by atoms with van der Waals surface area (Å²) in [5.74, 6) is 0. The summed E-state index contributed by atoms with van der Waals surface area (Å²) < 4.78 is 2.71. The molecule has 0 aliphatic carbocycles. The highest BCUT2D eigenvalue weighted by Crippen LogP contribution is 2.33. The van der Waals surface area contributed by atoms with Crippen molar-refractivity contribution in [2.45, 2.75) is 37.8 Å². The van der Waals surface area contributed by atoms with Gasteiger partial charge in [-0.25, -0.2) is 9.67 Å². The van der Waals surface area contributed by atoms with Gasteiger partial charge in [-0.3, -0.25) is 0 Å². The first-order valence-electron chi connectivity index (χ1n) is 6.59. The first-order chi connectivity index (χ1) is 9.28. The molecule has 2 aromatic rings. The number of aromatic nitrogens is 3. The number of hydrogen-bond donors (Lipinski definition) is 1. The number of rotatable bonds is 5. The van der Waals surface area contributed by atoms with Gasteiger partial charge in [-0.1, -0.05) is 47.7 Å². The summed E-state index contributed by atoms with van der Waals surface area (Å²) in [5.41, 5.74) is 0.0254. The molecular weight excluding hydrogens is 334 g/mol. The van der Waals surface area contributed by atoms with Crippen LogP contribution in [0.4, 0.5) is 0 Å². The molecule has 0 radical (unpaired) electrons. The van der Waals surface area contributed by atoms with E-state index in [4.69, 9.17) is 0 Å². The van der Waals surface area contributed by atoms with E-state index in [1.165, 1.54) is 6.33 Å². The second kappa shape index (κ2) is 5.79. The van der Waals surface area contributed by atoms with Gasteiger partial charge in [0.25, 0.3) is 0 Å². The number of hydrogen-bond acceptors (Lipinski definition) is 3. The SMILES string of the molecule is C[Si](C)(C)CC(O)(Cn1cncn1)c1ccc(Br)cc1. The molecule has 0 aliphatic heterocycles. The van der Waals surface area contributed by atoms with E-state index in [-0.39, 0.29) is 0 Å². The van der Waals surface area contributed by atoms with Crippen molar-refractivity contribution in [3.05, 3.63) is 47.0 Å². The van der Waals surface area contributed by atoms with Crippen molar-refractivity contribution in [3.63, 3.8) is 0 Å². The van der Waals surface area contributed by atoms with E-state index in [2.05, 4.69) is 45.7 Å². The summed E-state index contributed by atoms with van der Waals surface area (Å²) in [7, 11) is -1.45. The van der Waals surface area contributed by atoms with Crippen LogP contribution in [-0.4, -0.2) is 27.9 Å². The maximum Gasteiger partial charge on any atom is 0.137 e. The van der Waals surface area contributed by atoms with E-state index >= 15 is 0 Å². The molecule has 0 amide bonds. The fourth-order valence-corrected chi connectivity index (χ4v) is 4.80. The smallest absolute Gasteiger partial charge is 0.137 e. The molecule has 0 saturated heterocycles. The largest absolute Gasteiger partial charge is 0.384 e. The molecule has 1 atom stereocenters. The summed E-state index contributed by atoms with van der Waals surface area (Å²) in [6, 6.07) is 8.65. The highest BCUT2D eigenvalue weighted by Gasteiger charge is 2.35. The molecule has 2 rings (SSSR count). The van der Waals surface area contributed by atoms with Gasteiger partial charge in [0, 0.05) is 12.5 Å². The summed E-state index contributed by atoms with van der Waals surface area (Å²) in [6.45, 7) is 7.22. The molecule has 6 heteroatoms. The highest BCUT2D eigenvalue weighted by atomic mass is 79.9. The van der Waals surface area contributed by atoms with Crippen molar-refractivity contribution in [2.24, 2.45) is 0 Å². The minimum atomic E-state index is -1.45. The van der Waals surface area contributed by atoms with Crippen LogP contribution in [0, 0.1) is 0 Å². The van der Waals surface area contributed by atoms with Crippen molar-refractivity contribution in [1.82, 2.24) is 14.8 Å². The average Bonchev–Trinajstić information content (AvgIpc) is 2.79. The van der Waals surface area contributed by atoms with Crippen molar-refractivity contribution < 1.29 is 5.11 Å². The zero-order valence-corrected chi connectivity index (χ0v) is 14.6. The summed E-state index contributed by atoms with van der Waals surface area (Å²) in [6.07, 6.45) is 3.14. The molecule has 0 bridgehead atoms. The number of halogens is 1. The summed E-state index contributed by atoms with van der Waals surface area (Å²) in [4.78, 5) is 3.96. The van der Waals surface area contributed by atoms with Gasteiger partial charge in [0.1, 0.15) is 18.3 Å². The highest BCUT2D eigenvalue weighted by molar-refractivity contribution is 9.10. The molecule has 20 heavy (non-hydrogen) atoms. The van der Waals surface area contributed by atoms with Gasteiger partial charge in [0.15, 0.2) is 0 Å². The molecule has 1 aromatic carbocycles. The lowest BCUT2D eigenvalue weighted by Gasteiger charge is -2.34. The Morgan fingerprint density at radius 3 is 2.40 bits per heavy atom. The second-order valence-electron chi connectivity index (χ2n) is 6.37. The monoisotopic (exact) mass is 353 g/mol. The van der Waals surface area contributed by atoms with Crippen LogP contribution in [0.25, 0.3) is 0 Å². The van der Waals surface area contributed by atoms with E-state index < -0.39 is 13.7 Å². The van der Waals surface area contributed by atoms with Gasteiger partial charge in [0.2, 0.25) is 0 Å². The first-order valence-corrected chi connectivity index (χ1v) is 11.1. The van der Waals surface area contributed by atoms with Crippen LogP contribution in [-0.2, 0) is 12.1 Å². The maximum atomic E-state index is 11.2. The predicted octanol–water partition coefficient (Wildman–Crippen LogP) is 3.27. The third kappa shape index (κ3) is 4.00. The molecule has 1 heterocycles. The van der Waals surface area contributed by atoms with E-state index in [9.17, 15) is 5.11 Å². The minimum Gasteiger partial charge on any atom is -0.384 e. The van der Waals surface area contributed by atoms with Crippen molar-refractivity contribution >= 4 is 24.0 Å². The second-order valence-corrected chi connectivity index (χ2v) is 12.8. The topological polar surface area (TPSA) is 50.9 Å². The van der Waals surface area contributed by atoms with Gasteiger partial charge in [0.05, 0.1) is 6.54 Å². The van der Waals surface area contributed by atoms with Gasteiger partial charge in [-0.05, 0) is 23.7 Å². The standard InChI is InChI=1S/C14H20BrN3OSi/c1-20(2,3)9-14(19,8-18-11-16-10-17-18)12-4-6-13(15)7-5-12/h4-7,10-11,19H,8-9H2,1-3H3. The molecule has 1 N–H and O–H groups in total. The van der Waals surface area contributed by atoms with Crippen molar-refractivity contribution in [2.75, 3.05) is 0 Å². The van der Waals surface area contributed by atoms with Crippen LogP contribution < -0.4 is 0 Å². The van der Waals surface area contributed by atoms with Crippen molar-refractivity contribution in [1.29, 1.82) is 0 Å². The Morgan fingerprint density at radius 2 is 1.90 bits per heavy atom. The molecule has 1 unspecified atom stereocenters. The fraction of sp³-hybridized carbons (Fsp3) is 0.429. The molecule has 0 spiro atoms. The Kier molecular flexibility index (Phi) is 4.46. The molecule has 0 aliphatic rings. The van der Waals surface area contributed by atoms with E-state index in [0.717, 1.165) is 16.1 Å². The van der Waals surface area contributed by atoms with Gasteiger partial charge < -0.3 is 5.11 Å². The zero-order valence-electron chi connectivity index (χ0n) is 12.0. The van der Waals surface area contributed by atoms with Crippen LogP contribution >= 0.6 is 15.9 Å². The van der Waals surface area contributed by atoms with Gasteiger partial charge >= 0.3 is 0 Å². The third-order valence-corrected chi connectivity index (χ3v) is 5.27. The quantitative estimate of drug-likeness (QED) is 0.839. The van der Waals surface area contributed by atoms with Gasteiger partial charge in [-0.15, -0.1) is 0 Å². The third-order valence-electron chi connectivity index (χ3n) is 3.09. The number of benzene rings is 1. The van der Waals surface area contributed by atoms with Crippen LogP contribution in [0.1, 0.15) is 5.56 Å². The number of aliphatic hydroxyl groups is 1. The lowest BCUT2D eigenvalue weighted by atomic mass is 9.96. The summed E-state index contributed by atoms with van der Waals surface area (Å²) in [5, 5.41) is 15.3. The van der Waals surface area contributed by atoms with E-state index in [1.54, 1.807) is 11.0 Å². The van der Waals surface area contributed by atoms with E-state index in [1.807, 2.05) is 24.3 Å². The Labute approximate surface area is 129 Å². The van der Waals surface area contributed by atoms with Gasteiger partial charge in [-0.2, -0.15) is 5.10 Å². The Hall–Kier alpha value is -0.983. The Balaban J connectivity index is 2.34. The molecular formula is C14H20BrN3OSi. The molecule has 4 nitrogen and oxygen atoms in total. The van der Waals surface area contributed by atoms with E-state index in [0.29, 0.717) is 6.54 Å². The minimum absolute atomic E-state index is 0.429. The van der Waals surface area contributed by atoms with Crippen LogP contribution in [0.15, 0.2) is 41.4 Å². The first kappa shape index (κ1) is 15.4. The van der Waals surface area contributed by atoms with Crippen LogP contribution in [0.5, 0.6) is 0 Å². The fourth-order valence-electron chi connectivity index (χ4n) is 2.47. The average molecular weight is 354 g/mol. The lowest BCUT2D eigenvalue weighted by molar-refractivity contribution is 0.0332. The Morgan fingerprint density at radius 1 is 1.25 bits per heavy atom. The Bertz CT molecular complexity index is 551. The molecule has 1 aromatic heterocycles.